The van der Waals surface area contributed by atoms with Crippen LogP contribution in [0.5, 0.6) is 0 Å². The Kier molecular flexibility index (Phi) is 49.5. The SMILES string of the molecule is CC/C=C\C/C=C\C/C=C\CCCCCCCC(=O)OC(COCCCCCC/C=C\C/C=C\C/C=C\CC)COC(=O)CCCCCCCCC/C=C\C/C=C\CCCCC. The Balaban J connectivity index is 4.35. The van der Waals surface area contributed by atoms with Crippen LogP contribution in [0.1, 0.15) is 226 Å². The summed E-state index contributed by atoms with van der Waals surface area (Å²) in [5.41, 5.74) is 0. The van der Waals surface area contributed by atoms with Gasteiger partial charge in [0.25, 0.3) is 0 Å². The van der Waals surface area contributed by atoms with Crippen LogP contribution in [0.15, 0.2) is 97.2 Å². The summed E-state index contributed by atoms with van der Waals surface area (Å²) in [5.74, 6) is -0.442. The van der Waals surface area contributed by atoms with Crippen LogP contribution in [0.3, 0.4) is 0 Å². The molecule has 0 bridgehead atoms. The maximum absolute atomic E-state index is 12.8. The van der Waals surface area contributed by atoms with E-state index in [0.29, 0.717) is 19.4 Å². The van der Waals surface area contributed by atoms with Crippen LogP contribution >= 0.6 is 0 Å². The minimum atomic E-state index is -0.565. The number of hydrogen-bond donors (Lipinski definition) is 0. The first-order valence-corrected chi connectivity index (χ1v) is 25.8. The molecule has 0 spiro atoms. The summed E-state index contributed by atoms with van der Waals surface area (Å²) in [7, 11) is 0. The number of esters is 2. The van der Waals surface area contributed by atoms with E-state index in [2.05, 4.69) is 118 Å². The van der Waals surface area contributed by atoms with Gasteiger partial charge in [-0.25, -0.2) is 0 Å². The van der Waals surface area contributed by atoms with Gasteiger partial charge in [-0.15, -0.1) is 0 Å². The van der Waals surface area contributed by atoms with Crippen LogP contribution in [0.4, 0.5) is 0 Å². The van der Waals surface area contributed by atoms with Crippen LogP contribution in [0, 0.1) is 0 Å². The fourth-order valence-electron chi connectivity index (χ4n) is 6.80. The van der Waals surface area contributed by atoms with Gasteiger partial charge in [-0.3, -0.25) is 9.59 Å². The molecule has 0 radical (unpaired) electrons. The summed E-state index contributed by atoms with van der Waals surface area (Å²) in [6.45, 7) is 7.50. The number of unbranched alkanes of at least 4 members (excludes halogenated alkanes) is 19. The molecule has 0 aromatic rings. The van der Waals surface area contributed by atoms with E-state index in [0.717, 1.165) is 109 Å². The molecule has 0 saturated carbocycles. The molecular weight excluding hydrogens is 765 g/mol. The molecule has 0 heterocycles. The Morgan fingerprint density at radius 2 is 0.726 bits per heavy atom. The minimum absolute atomic E-state index is 0.0600. The predicted octanol–water partition coefficient (Wildman–Crippen LogP) is 17.5. The molecule has 62 heavy (non-hydrogen) atoms. The van der Waals surface area contributed by atoms with E-state index in [4.69, 9.17) is 14.2 Å². The average molecular weight is 861 g/mol. The number of ether oxygens (including phenoxy) is 3. The van der Waals surface area contributed by atoms with Crippen LogP contribution in [0.25, 0.3) is 0 Å². The highest BCUT2D eigenvalue weighted by Gasteiger charge is 2.17. The lowest BCUT2D eigenvalue weighted by molar-refractivity contribution is -0.163. The topological polar surface area (TPSA) is 61.8 Å². The summed E-state index contributed by atoms with van der Waals surface area (Å²) >= 11 is 0. The summed E-state index contributed by atoms with van der Waals surface area (Å²) in [5, 5.41) is 0. The van der Waals surface area contributed by atoms with Crippen molar-refractivity contribution in [3.8, 4) is 0 Å². The van der Waals surface area contributed by atoms with Gasteiger partial charge in [-0.1, -0.05) is 195 Å². The lowest BCUT2D eigenvalue weighted by Gasteiger charge is -2.18. The minimum Gasteiger partial charge on any atom is -0.462 e. The van der Waals surface area contributed by atoms with E-state index in [-0.39, 0.29) is 25.2 Å². The van der Waals surface area contributed by atoms with Gasteiger partial charge in [0.2, 0.25) is 0 Å². The second-order valence-electron chi connectivity index (χ2n) is 16.7. The van der Waals surface area contributed by atoms with Crippen molar-refractivity contribution in [2.45, 2.75) is 232 Å². The highest BCUT2D eigenvalue weighted by atomic mass is 16.6. The quantitative estimate of drug-likeness (QED) is 0.0347. The molecule has 0 aromatic carbocycles. The van der Waals surface area contributed by atoms with E-state index in [9.17, 15) is 9.59 Å². The zero-order valence-corrected chi connectivity index (χ0v) is 40.6. The molecule has 0 aliphatic carbocycles. The lowest BCUT2D eigenvalue weighted by atomic mass is 10.1. The molecule has 5 nitrogen and oxygen atoms in total. The van der Waals surface area contributed by atoms with Crippen molar-refractivity contribution in [3.63, 3.8) is 0 Å². The molecule has 354 valence electrons. The van der Waals surface area contributed by atoms with E-state index in [1.54, 1.807) is 0 Å². The van der Waals surface area contributed by atoms with Gasteiger partial charge in [0.1, 0.15) is 6.61 Å². The lowest BCUT2D eigenvalue weighted by Crippen LogP contribution is -2.30. The van der Waals surface area contributed by atoms with Crippen molar-refractivity contribution in [2.75, 3.05) is 19.8 Å². The van der Waals surface area contributed by atoms with E-state index >= 15 is 0 Å². The fraction of sp³-hybridized carbons (Fsp3) is 0.684. The molecule has 0 aliphatic heterocycles. The first-order chi connectivity index (χ1) is 30.6. The largest absolute Gasteiger partial charge is 0.462 e. The van der Waals surface area contributed by atoms with Gasteiger partial charge in [0, 0.05) is 19.4 Å². The third-order valence-corrected chi connectivity index (χ3v) is 10.6. The maximum atomic E-state index is 12.8. The third kappa shape index (κ3) is 49.5. The van der Waals surface area contributed by atoms with Crippen molar-refractivity contribution in [2.24, 2.45) is 0 Å². The molecule has 5 heteroatoms. The number of carbonyl (C=O) groups is 2. The predicted molar refractivity (Wildman–Crippen MR) is 270 cm³/mol. The zero-order valence-electron chi connectivity index (χ0n) is 40.6. The second kappa shape index (κ2) is 52.2. The summed E-state index contributed by atoms with van der Waals surface area (Å²) in [6.07, 6.45) is 69.8. The Morgan fingerprint density at radius 3 is 1.16 bits per heavy atom. The van der Waals surface area contributed by atoms with Gasteiger partial charge in [0.05, 0.1) is 6.61 Å². The molecule has 0 amide bonds. The van der Waals surface area contributed by atoms with Gasteiger partial charge in [-0.05, 0) is 116 Å². The van der Waals surface area contributed by atoms with Gasteiger partial charge < -0.3 is 14.2 Å². The molecule has 0 aromatic heterocycles. The second-order valence-corrected chi connectivity index (χ2v) is 16.7. The van der Waals surface area contributed by atoms with Crippen molar-refractivity contribution < 1.29 is 23.8 Å². The monoisotopic (exact) mass is 861 g/mol. The summed E-state index contributed by atoms with van der Waals surface area (Å²) in [6, 6.07) is 0. The smallest absolute Gasteiger partial charge is 0.306 e. The van der Waals surface area contributed by atoms with Crippen LogP contribution in [0.2, 0.25) is 0 Å². The highest BCUT2D eigenvalue weighted by molar-refractivity contribution is 5.70. The standard InChI is InChI=1S/C57H96O5/c1-4-7-10-13-16-19-22-25-28-29-31-32-35-38-41-44-47-50-56(58)61-54-55(53-60-52-49-46-43-40-37-34-27-24-21-18-15-12-9-6-3)62-57(59)51-48-45-42-39-36-33-30-26-23-20-17-14-11-8-5-2/h8-9,11-12,16-21,25-28,30,34,55H,4-7,10,13-15,22-24,29,31-33,35-54H2,1-3H3/b11-8-,12-9-,19-16-,20-17-,21-18-,28-25-,30-26-,34-27-. The van der Waals surface area contributed by atoms with Crippen molar-refractivity contribution in [3.05, 3.63) is 97.2 Å². The molecule has 0 rings (SSSR count). The first-order valence-electron chi connectivity index (χ1n) is 25.8. The van der Waals surface area contributed by atoms with Gasteiger partial charge >= 0.3 is 11.9 Å². The molecular formula is C57H96O5. The number of carbonyl (C=O) groups excluding carboxylic acids is 2. The van der Waals surface area contributed by atoms with Crippen molar-refractivity contribution in [1.82, 2.24) is 0 Å². The molecule has 0 fully saturated rings. The van der Waals surface area contributed by atoms with E-state index < -0.39 is 6.10 Å². The normalized spacial score (nSPS) is 13.0. The van der Waals surface area contributed by atoms with Gasteiger partial charge in [0.15, 0.2) is 6.10 Å². The molecule has 0 aliphatic rings. The molecule has 0 N–H and O–H groups in total. The maximum Gasteiger partial charge on any atom is 0.306 e. The molecule has 1 atom stereocenters. The van der Waals surface area contributed by atoms with E-state index in [1.807, 2.05) is 0 Å². The number of rotatable bonds is 46. The third-order valence-electron chi connectivity index (χ3n) is 10.6. The average Bonchev–Trinajstić information content (AvgIpc) is 3.27. The Morgan fingerprint density at radius 1 is 0.371 bits per heavy atom. The zero-order chi connectivity index (χ0) is 44.9. The number of hydrogen-bond acceptors (Lipinski definition) is 5. The number of allylic oxidation sites excluding steroid dienone is 16. The van der Waals surface area contributed by atoms with Crippen molar-refractivity contribution in [1.29, 1.82) is 0 Å². The molecule has 1 unspecified atom stereocenters. The van der Waals surface area contributed by atoms with Crippen LogP contribution < -0.4 is 0 Å². The first kappa shape index (κ1) is 58.8. The fourth-order valence-corrected chi connectivity index (χ4v) is 6.80. The van der Waals surface area contributed by atoms with Crippen LogP contribution in [-0.4, -0.2) is 37.9 Å². The Hall–Kier alpha value is -3.18. The Labute approximate surface area is 383 Å². The summed E-state index contributed by atoms with van der Waals surface area (Å²) < 4.78 is 17.4. The summed E-state index contributed by atoms with van der Waals surface area (Å²) in [4.78, 5) is 25.4. The van der Waals surface area contributed by atoms with Crippen LogP contribution in [-0.2, 0) is 23.8 Å². The molecule has 0 saturated heterocycles. The highest BCUT2D eigenvalue weighted by Crippen LogP contribution is 2.13. The Bertz CT molecular complexity index is 1200. The van der Waals surface area contributed by atoms with Crippen molar-refractivity contribution >= 4 is 11.9 Å². The van der Waals surface area contributed by atoms with E-state index in [1.165, 1.54) is 83.5 Å². The van der Waals surface area contributed by atoms with Gasteiger partial charge in [-0.2, -0.15) is 0 Å².